The Balaban J connectivity index is 2.61. The quantitative estimate of drug-likeness (QED) is 0.654. The van der Waals surface area contributed by atoms with Gasteiger partial charge in [-0.3, -0.25) is 20.2 Å². The van der Waals surface area contributed by atoms with Gasteiger partial charge in [0.15, 0.2) is 5.69 Å². The first kappa shape index (κ1) is 14.1. The second-order valence-electron chi connectivity index (χ2n) is 3.98. The maximum absolute atomic E-state index is 11.2. The molecule has 0 aromatic heterocycles. The Morgan fingerprint density at radius 2 is 1.85 bits per heavy atom. The average molecular weight is 299 g/mol. The number of carbonyl (C=O) groups is 1. The number of aliphatic carboxylic acids is 1. The molecule has 9 nitrogen and oxygen atoms in total. The van der Waals surface area contributed by atoms with Gasteiger partial charge in [-0.15, -0.1) is 11.8 Å². The Labute approximate surface area is 116 Å². The first-order valence-corrected chi connectivity index (χ1v) is 6.58. The summed E-state index contributed by atoms with van der Waals surface area (Å²) in [5.74, 6) is -0.788. The Kier molecular flexibility index (Phi) is 3.74. The number of hydrogen-bond donors (Lipinski definition) is 1. The predicted octanol–water partition coefficient (Wildman–Crippen LogP) is 1.47. The minimum atomic E-state index is -1.16. The number of hydrogen-bond acceptors (Lipinski definition) is 7. The highest BCUT2D eigenvalue weighted by Gasteiger charge is 2.39. The monoisotopic (exact) mass is 299 g/mol. The summed E-state index contributed by atoms with van der Waals surface area (Å²) in [6.07, 6.45) is 0. The van der Waals surface area contributed by atoms with Crippen molar-refractivity contribution in [2.24, 2.45) is 0 Å². The van der Waals surface area contributed by atoms with E-state index >= 15 is 0 Å². The molecule has 1 aliphatic heterocycles. The highest BCUT2D eigenvalue weighted by molar-refractivity contribution is 7.99. The van der Waals surface area contributed by atoms with Crippen LogP contribution in [0.2, 0.25) is 0 Å². The van der Waals surface area contributed by atoms with E-state index in [4.69, 9.17) is 5.11 Å². The van der Waals surface area contributed by atoms with Crippen LogP contribution in [0.3, 0.4) is 0 Å². The summed E-state index contributed by atoms with van der Waals surface area (Å²) < 4.78 is 0. The van der Waals surface area contributed by atoms with Gasteiger partial charge in [0.25, 0.3) is 11.4 Å². The minimum Gasteiger partial charge on any atom is -0.480 e. The van der Waals surface area contributed by atoms with Gasteiger partial charge in [-0.2, -0.15) is 0 Å². The number of nitro groups is 2. The maximum Gasteiger partial charge on any atom is 0.327 e. The van der Waals surface area contributed by atoms with Gasteiger partial charge in [0.05, 0.1) is 15.7 Å². The largest absolute Gasteiger partial charge is 0.480 e. The molecule has 0 radical (unpaired) electrons. The predicted molar refractivity (Wildman–Crippen MR) is 71.0 cm³/mol. The second kappa shape index (κ2) is 5.33. The van der Waals surface area contributed by atoms with Crippen LogP contribution < -0.4 is 4.90 Å². The zero-order chi connectivity index (χ0) is 14.9. The summed E-state index contributed by atoms with van der Waals surface area (Å²) in [6, 6.07) is 2.45. The molecule has 0 bridgehead atoms. The van der Waals surface area contributed by atoms with Gasteiger partial charge < -0.3 is 10.0 Å². The van der Waals surface area contributed by atoms with Crippen molar-refractivity contribution >= 4 is 34.8 Å². The molecule has 1 aromatic rings. The summed E-state index contributed by atoms with van der Waals surface area (Å²) in [4.78, 5) is 32.9. The molecule has 1 unspecified atom stereocenters. The Morgan fingerprint density at radius 3 is 2.30 bits per heavy atom. The van der Waals surface area contributed by atoms with E-state index in [1.54, 1.807) is 0 Å². The van der Waals surface area contributed by atoms with Crippen LogP contribution in [0.25, 0.3) is 0 Å². The number of anilines is 1. The maximum atomic E-state index is 11.2. The third-order valence-electron chi connectivity index (χ3n) is 2.84. The lowest BCUT2D eigenvalue weighted by molar-refractivity contribution is -0.392. The standard InChI is InChI=1S/C10H9N3O6S/c14-10(15)8-4-20-5-11(8)9-6(12(16)17)2-1-3-7(9)13(18)19/h1-3,8H,4-5H2,(H,14,15). The fraction of sp³-hybridized carbons (Fsp3) is 0.300. The lowest BCUT2D eigenvalue weighted by Crippen LogP contribution is -2.38. The van der Waals surface area contributed by atoms with Gasteiger partial charge in [0, 0.05) is 17.9 Å². The van der Waals surface area contributed by atoms with Crippen molar-refractivity contribution in [2.45, 2.75) is 6.04 Å². The van der Waals surface area contributed by atoms with E-state index in [1.807, 2.05) is 0 Å². The lowest BCUT2D eigenvalue weighted by atomic mass is 10.2. The van der Waals surface area contributed by atoms with E-state index in [1.165, 1.54) is 22.7 Å². The van der Waals surface area contributed by atoms with E-state index in [-0.39, 0.29) is 17.3 Å². The minimum absolute atomic E-state index is 0.155. The van der Waals surface area contributed by atoms with Crippen LogP contribution in [0.1, 0.15) is 0 Å². The number of rotatable bonds is 4. The summed E-state index contributed by atoms with van der Waals surface area (Å²) in [5.41, 5.74) is -1.18. The number of thioether (sulfide) groups is 1. The lowest BCUT2D eigenvalue weighted by Gasteiger charge is -2.21. The molecule has 1 atom stereocenters. The highest BCUT2D eigenvalue weighted by atomic mass is 32.2. The van der Waals surface area contributed by atoms with Crippen molar-refractivity contribution in [2.75, 3.05) is 16.5 Å². The van der Waals surface area contributed by atoms with Crippen LogP contribution in [0.15, 0.2) is 18.2 Å². The van der Waals surface area contributed by atoms with Gasteiger partial charge >= 0.3 is 5.97 Å². The number of para-hydroxylation sites is 1. The molecule has 1 N–H and O–H groups in total. The van der Waals surface area contributed by atoms with E-state index in [2.05, 4.69) is 0 Å². The molecular formula is C10H9N3O6S. The van der Waals surface area contributed by atoms with Crippen molar-refractivity contribution in [3.63, 3.8) is 0 Å². The molecule has 20 heavy (non-hydrogen) atoms. The first-order chi connectivity index (χ1) is 9.43. The summed E-state index contributed by atoms with van der Waals surface area (Å²) in [5, 5.41) is 31.2. The van der Waals surface area contributed by atoms with Crippen LogP contribution in [0, 0.1) is 20.2 Å². The molecule has 0 spiro atoms. The SMILES string of the molecule is O=C(O)C1CSCN1c1c([N+](=O)[O-])cccc1[N+](=O)[O-]. The van der Waals surface area contributed by atoms with E-state index < -0.39 is 33.2 Å². The van der Waals surface area contributed by atoms with Crippen molar-refractivity contribution in [1.82, 2.24) is 0 Å². The van der Waals surface area contributed by atoms with E-state index in [0.717, 1.165) is 12.1 Å². The van der Waals surface area contributed by atoms with Crippen molar-refractivity contribution < 1.29 is 19.7 Å². The fourth-order valence-electron chi connectivity index (χ4n) is 1.98. The topological polar surface area (TPSA) is 127 Å². The molecule has 1 fully saturated rings. The number of benzene rings is 1. The molecular weight excluding hydrogens is 290 g/mol. The molecule has 1 saturated heterocycles. The highest BCUT2D eigenvalue weighted by Crippen LogP contribution is 2.41. The number of carboxylic acid groups (broad SMARTS) is 1. The summed E-state index contributed by atoms with van der Waals surface area (Å²) in [6.45, 7) is 0. The normalized spacial score (nSPS) is 18.0. The van der Waals surface area contributed by atoms with Crippen LogP contribution in [-0.4, -0.2) is 38.6 Å². The Bertz CT molecular complexity index is 560. The molecule has 1 heterocycles. The van der Waals surface area contributed by atoms with Crippen LogP contribution in [0.5, 0.6) is 0 Å². The molecule has 0 saturated carbocycles. The van der Waals surface area contributed by atoms with Crippen molar-refractivity contribution in [3.05, 3.63) is 38.4 Å². The first-order valence-electron chi connectivity index (χ1n) is 5.42. The van der Waals surface area contributed by atoms with Crippen molar-refractivity contribution in [1.29, 1.82) is 0 Å². The third-order valence-corrected chi connectivity index (χ3v) is 3.85. The molecule has 1 aromatic carbocycles. The van der Waals surface area contributed by atoms with Gasteiger partial charge in [-0.05, 0) is 6.07 Å². The Morgan fingerprint density at radius 1 is 1.30 bits per heavy atom. The number of nitrogens with zero attached hydrogens (tertiary/aromatic N) is 3. The van der Waals surface area contributed by atoms with Crippen LogP contribution in [-0.2, 0) is 4.79 Å². The molecule has 0 amide bonds. The van der Waals surface area contributed by atoms with Crippen LogP contribution >= 0.6 is 11.8 Å². The third kappa shape index (κ3) is 2.37. The fourth-order valence-corrected chi connectivity index (χ4v) is 3.13. The van der Waals surface area contributed by atoms with Gasteiger partial charge in [0.2, 0.25) is 0 Å². The molecule has 1 aliphatic rings. The van der Waals surface area contributed by atoms with E-state index in [9.17, 15) is 25.0 Å². The van der Waals surface area contributed by atoms with E-state index in [0.29, 0.717) is 0 Å². The van der Waals surface area contributed by atoms with Gasteiger partial charge in [-0.25, -0.2) is 4.79 Å². The summed E-state index contributed by atoms with van der Waals surface area (Å²) in [7, 11) is 0. The second-order valence-corrected chi connectivity index (χ2v) is 4.98. The zero-order valence-electron chi connectivity index (χ0n) is 9.96. The Hall–Kier alpha value is -2.36. The molecule has 0 aliphatic carbocycles. The molecule has 106 valence electrons. The van der Waals surface area contributed by atoms with Gasteiger partial charge in [0.1, 0.15) is 6.04 Å². The molecule has 2 rings (SSSR count). The zero-order valence-corrected chi connectivity index (χ0v) is 10.8. The van der Waals surface area contributed by atoms with Crippen LogP contribution in [0.4, 0.5) is 17.1 Å². The summed E-state index contributed by atoms with van der Waals surface area (Å²) >= 11 is 1.25. The van der Waals surface area contributed by atoms with Crippen molar-refractivity contribution in [3.8, 4) is 0 Å². The van der Waals surface area contributed by atoms with Gasteiger partial charge in [-0.1, -0.05) is 0 Å². The number of carboxylic acids is 1. The molecule has 10 heteroatoms. The number of nitro benzene ring substituents is 2. The smallest absolute Gasteiger partial charge is 0.327 e. The average Bonchev–Trinajstić information content (AvgIpc) is 2.86.